The number of hydrogen-bond donors (Lipinski definition) is 0. The van der Waals surface area contributed by atoms with Crippen LogP contribution in [0.15, 0.2) is 54.7 Å². The Hall–Kier alpha value is -2.20. The summed E-state index contributed by atoms with van der Waals surface area (Å²) in [6, 6.07) is 15.4. The van der Waals surface area contributed by atoms with Gasteiger partial charge in [-0.15, -0.1) is 0 Å². The van der Waals surface area contributed by atoms with Crippen LogP contribution in [0.1, 0.15) is 29.1 Å². The van der Waals surface area contributed by atoms with Crippen molar-refractivity contribution in [3.8, 4) is 0 Å². The molecule has 0 spiro atoms. The summed E-state index contributed by atoms with van der Waals surface area (Å²) in [6.07, 6.45) is 1.57. The third kappa shape index (κ3) is 3.11. The lowest BCUT2D eigenvalue weighted by Gasteiger charge is -2.36. The molecular formula is C17H18N2O2. The van der Waals surface area contributed by atoms with Gasteiger partial charge in [0.05, 0.1) is 12.6 Å². The topological polar surface area (TPSA) is 42.4 Å². The van der Waals surface area contributed by atoms with Gasteiger partial charge in [-0.25, -0.2) is 0 Å². The minimum atomic E-state index is -0.0809. The highest BCUT2D eigenvalue weighted by molar-refractivity contribution is 5.92. The fraction of sp³-hybridized carbons (Fsp3) is 0.294. The van der Waals surface area contributed by atoms with E-state index in [4.69, 9.17) is 4.74 Å². The maximum atomic E-state index is 12.5. The van der Waals surface area contributed by atoms with Crippen LogP contribution in [0, 0.1) is 0 Å². The van der Waals surface area contributed by atoms with Crippen molar-refractivity contribution in [3.63, 3.8) is 0 Å². The number of morpholine rings is 1. The molecule has 0 radical (unpaired) electrons. The van der Waals surface area contributed by atoms with Crippen LogP contribution in [-0.2, 0) is 4.74 Å². The molecule has 1 amide bonds. The molecule has 4 nitrogen and oxygen atoms in total. The lowest BCUT2D eigenvalue weighted by Crippen LogP contribution is -2.46. The minimum absolute atomic E-state index is 0.0108. The third-order valence-corrected chi connectivity index (χ3v) is 3.60. The van der Waals surface area contributed by atoms with Crippen LogP contribution in [0.5, 0.6) is 0 Å². The molecule has 0 N–H and O–H groups in total. The Bertz CT molecular complexity index is 601. The molecule has 108 valence electrons. The van der Waals surface area contributed by atoms with E-state index in [0.717, 1.165) is 5.56 Å². The largest absolute Gasteiger partial charge is 0.367 e. The molecule has 2 unspecified atom stereocenters. The van der Waals surface area contributed by atoms with Crippen LogP contribution in [0.25, 0.3) is 0 Å². The number of benzene rings is 1. The number of carbonyl (C=O) groups is 1. The Labute approximate surface area is 124 Å². The van der Waals surface area contributed by atoms with Crippen molar-refractivity contribution in [2.45, 2.75) is 19.1 Å². The number of carbonyl (C=O) groups excluding carboxylic acids is 1. The van der Waals surface area contributed by atoms with Crippen molar-refractivity contribution in [1.82, 2.24) is 9.88 Å². The Morgan fingerprint density at radius 1 is 1.14 bits per heavy atom. The van der Waals surface area contributed by atoms with Gasteiger partial charge in [-0.2, -0.15) is 0 Å². The van der Waals surface area contributed by atoms with Crippen molar-refractivity contribution in [2.24, 2.45) is 0 Å². The van der Waals surface area contributed by atoms with Gasteiger partial charge in [-0.1, -0.05) is 36.4 Å². The normalized spacial score (nSPS) is 22.0. The molecule has 2 atom stereocenters. The molecule has 21 heavy (non-hydrogen) atoms. The molecule has 0 saturated carbocycles. The van der Waals surface area contributed by atoms with Crippen LogP contribution in [0.4, 0.5) is 0 Å². The van der Waals surface area contributed by atoms with E-state index in [1.54, 1.807) is 12.3 Å². The molecule has 2 heterocycles. The summed E-state index contributed by atoms with van der Waals surface area (Å²) in [4.78, 5) is 18.5. The van der Waals surface area contributed by atoms with E-state index in [1.807, 2.05) is 54.3 Å². The fourth-order valence-electron chi connectivity index (χ4n) is 2.62. The number of amides is 1. The lowest BCUT2D eigenvalue weighted by atomic mass is 10.1. The van der Waals surface area contributed by atoms with Gasteiger partial charge in [0.1, 0.15) is 11.8 Å². The summed E-state index contributed by atoms with van der Waals surface area (Å²) in [5.41, 5.74) is 1.58. The van der Waals surface area contributed by atoms with Gasteiger partial charge in [-0.3, -0.25) is 9.78 Å². The first-order chi connectivity index (χ1) is 10.2. The zero-order chi connectivity index (χ0) is 14.7. The van der Waals surface area contributed by atoms with Crippen LogP contribution < -0.4 is 0 Å². The molecule has 0 aliphatic carbocycles. The number of hydrogen-bond acceptors (Lipinski definition) is 3. The zero-order valence-corrected chi connectivity index (χ0v) is 12.0. The maximum Gasteiger partial charge on any atom is 0.272 e. The Kier molecular flexibility index (Phi) is 3.97. The predicted octanol–water partition coefficient (Wildman–Crippen LogP) is 2.68. The van der Waals surface area contributed by atoms with Crippen molar-refractivity contribution >= 4 is 5.91 Å². The fourth-order valence-corrected chi connectivity index (χ4v) is 2.62. The number of nitrogens with zero attached hydrogens (tertiary/aromatic N) is 2. The van der Waals surface area contributed by atoms with Gasteiger partial charge in [0, 0.05) is 12.7 Å². The Morgan fingerprint density at radius 3 is 2.62 bits per heavy atom. The molecule has 4 heteroatoms. The van der Waals surface area contributed by atoms with Crippen molar-refractivity contribution < 1.29 is 9.53 Å². The van der Waals surface area contributed by atoms with E-state index in [1.165, 1.54) is 0 Å². The van der Waals surface area contributed by atoms with E-state index in [2.05, 4.69) is 4.98 Å². The van der Waals surface area contributed by atoms with Crippen LogP contribution in [0.3, 0.4) is 0 Å². The monoisotopic (exact) mass is 282 g/mol. The molecule has 1 aliphatic rings. The highest BCUT2D eigenvalue weighted by Crippen LogP contribution is 2.25. The quantitative estimate of drug-likeness (QED) is 0.850. The Morgan fingerprint density at radius 2 is 1.90 bits per heavy atom. The maximum absolute atomic E-state index is 12.5. The first kappa shape index (κ1) is 13.8. The standard InChI is InChI=1S/C17H18N2O2/c1-13-11-19(17(20)15-9-5-6-10-18-15)12-16(21-13)14-7-3-2-4-8-14/h2-10,13,16H,11-12H2,1H3. The summed E-state index contributed by atoms with van der Waals surface area (Å²) < 4.78 is 5.97. The van der Waals surface area contributed by atoms with Crippen molar-refractivity contribution in [1.29, 1.82) is 0 Å². The minimum Gasteiger partial charge on any atom is -0.367 e. The molecule has 1 aromatic heterocycles. The predicted molar refractivity (Wildman–Crippen MR) is 79.9 cm³/mol. The van der Waals surface area contributed by atoms with E-state index >= 15 is 0 Å². The van der Waals surface area contributed by atoms with Crippen LogP contribution in [-0.4, -0.2) is 35.0 Å². The lowest BCUT2D eigenvalue weighted by molar-refractivity contribution is -0.0692. The van der Waals surface area contributed by atoms with Crippen LogP contribution in [0.2, 0.25) is 0 Å². The average Bonchev–Trinajstić information content (AvgIpc) is 2.55. The van der Waals surface area contributed by atoms with E-state index < -0.39 is 0 Å². The second-order valence-electron chi connectivity index (χ2n) is 5.27. The molecule has 1 fully saturated rings. The Balaban J connectivity index is 1.79. The first-order valence-electron chi connectivity index (χ1n) is 7.15. The molecule has 1 aliphatic heterocycles. The molecular weight excluding hydrogens is 264 g/mol. The van der Waals surface area contributed by atoms with Gasteiger partial charge < -0.3 is 9.64 Å². The van der Waals surface area contributed by atoms with Crippen molar-refractivity contribution in [2.75, 3.05) is 13.1 Å². The zero-order valence-electron chi connectivity index (χ0n) is 12.0. The SMILES string of the molecule is CC1CN(C(=O)c2ccccn2)CC(c2ccccc2)O1. The molecule has 2 aromatic rings. The summed E-state index contributed by atoms with van der Waals surface area (Å²) in [5, 5.41) is 0. The summed E-state index contributed by atoms with van der Waals surface area (Å²) in [6.45, 7) is 3.15. The summed E-state index contributed by atoms with van der Waals surface area (Å²) in [7, 11) is 0. The first-order valence-corrected chi connectivity index (χ1v) is 7.15. The van der Waals surface area contributed by atoms with Gasteiger partial charge in [-0.05, 0) is 24.6 Å². The number of pyridine rings is 1. The van der Waals surface area contributed by atoms with Gasteiger partial charge in [0.25, 0.3) is 5.91 Å². The van der Waals surface area contributed by atoms with Gasteiger partial charge in [0.15, 0.2) is 0 Å². The van der Waals surface area contributed by atoms with Gasteiger partial charge >= 0.3 is 0 Å². The summed E-state index contributed by atoms with van der Waals surface area (Å²) in [5.74, 6) is -0.0355. The molecule has 0 bridgehead atoms. The van der Waals surface area contributed by atoms with Crippen LogP contribution >= 0.6 is 0 Å². The van der Waals surface area contributed by atoms with E-state index in [-0.39, 0.29) is 18.1 Å². The van der Waals surface area contributed by atoms with Crippen molar-refractivity contribution in [3.05, 3.63) is 66.0 Å². The number of rotatable bonds is 2. The number of aromatic nitrogens is 1. The van der Waals surface area contributed by atoms with E-state index in [9.17, 15) is 4.79 Å². The summed E-state index contributed by atoms with van der Waals surface area (Å²) >= 11 is 0. The van der Waals surface area contributed by atoms with Gasteiger partial charge in [0.2, 0.25) is 0 Å². The molecule has 3 rings (SSSR count). The highest BCUT2D eigenvalue weighted by atomic mass is 16.5. The second kappa shape index (κ2) is 6.06. The number of ether oxygens (including phenoxy) is 1. The molecule has 1 saturated heterocycles. The second-order valence-corrected chi connectivity index (χ2v) is 5.27. The average molecular weight is 282 g/mol. The van der Waals surface area contributed by atoms with E-state index in [0.29, 0.717) is 18.8 Å². The highest BCUT2D eigenvalue weighted by Gasteiger charge is 2.30. The molecule has 1 aromatic carbocycles. The third-order valence-electron chi connectivity index (χ3n) is 3.60. The smallest absolute Gasteiger partial charge is 0.272 e.